The Morgan fingerprint density at radius 3 is 2.40 bits per heavy atom. The fourth-order valence-electron chi connectivity index (χ4n) is 0.706. The van der Waals surface area contributed by atoms with Gasteiger partial charge in [0, 0.05) is 5.69 Å². The van der Waals surface area contributed by atoms with Gasteiger partial charge in [0.1, 0.15) is 0 Å². The van der Waals surface area contributed by atoms with Crippen LogP contribution in [-0.2, 0) is 0 Å². The molecular weight excluding hydrogens is 129 g/mol. The molecule has 0 saturated carbocycles. The van der Waals surface area contributed by atoms with Gasteiger partial charge in [-0.15, -0.1) is 5.46 Å². The lowest BCUT2D eigenvalue weighted by Gasteiger charge is -2.26. The number of hydrogen-bond donors (Lipinski definition) is 1. The molecule has 0 saturated heterocycles. The molecule has 0 aliphatic heterocycles. The zero-order valence-corrected chi connectivity index (χ0v) is 5.28. The number of nitrogen functional groups attached to an aromatic ring is 1. The van der Waals surface area contributed by atoms with Crippen molar-refractivity contribution in [1.82, 2.24) is 0 Å². The van der Waals surface area contributed by atoms with Crippen LogP contribution >= 0.6 is 0 Å². The summed E-state index contributed by atoms with van der Waals surface area (Å²) in [5, 5.41) is 20.5. The Bertz CT molecular complexity index is 227. The van der Waals surface area contributed by atoms with Crippen LogP contribution < -0.4 is 21.2 Å². The lowest BCUT2D eigenvalue weighted by Crippen LogP contribution is -2.55. The van der Waals surface area contributed by atoms with E-state index in [2.05, 4.69) is 0 Å². The van der Waals surface area contributed by atoms with Gasteiger partial charge < -0.3 is 15.8 Å². The van der Waals surface area contributed by atoms with Crippen LogP contribution in [0.1, 0.15) is 0 Å². The number of benzene rings is 1. The van der Waals surface area contributed by atoms with Gasteiger partial charge in [-0.2, -0.15) is 0 Å². The van der Waals surface area contributed by atoms with E-state index in [1.807, 2.05) is 0 Å². The Balaban J connectivity index is 2.96. The van der Waals surface area contributed by atoms with Crippen molar-refractivity contribution in [2.24, 2.45) is 0 Å². The summed E-state index contributed by atoms with van der Waals surface area (Å²) in [6, 6.07) is 6.09. The van der Waals surface area contributed by atoms with Gasteiger partial charge >= 0.3 is 0 Å². The first-order valence-electron chi connectivity index (χ1n) is 2.87. The molecule has 4 heteroatoms. The summed E-state index contributed by atoms with van der Waals surface area (Å²) >= 11 is 0. The van der Waals surface area contributed by atoms with Crippen molar-refractivity contribution in [3.63, 3.8) is 0 Å². The van der Waals surface area contributed by atoms with E-state index in [-0.39, 0.29) is 5.46 Å². The highest BCUT2D eigenvalue weighted by Gasteiger charge is 1.86. The largest absolute Gasteiger partial charge is 0.889 e. The molecule has 52 valence electrons. The maximum atomic E-state index is 10.3. The molecule has 0 spiro atoms. The second kappa shape index (κ2) is 2.73. The molecule has 0 aromatic heterocycles. The molecular formula is C6H6BNO2-2. The van der Waals surface area contributed by atoms with Gasteiger partial charge in [-0.25, -0.2) is 0 Å². The van der Waals surface area contributed by atoms with Crippen LogP contribution in [0.4, 0.5) is 5.69 Å². The van der Waals surface area contributed by atoms with Crippen molar-refractivity contribution in [1.29, 1.82) is 0 Å². The molecule has 0 atom stereocenters. The molecule has 0 bridgehead atoms. The van der Waals surface area contributed by atoms with Crippen molar-refractivity contribution < 1.29 is 10.0 Å². The van der Waals surface area contributed by atoms with E-state index in [1.54, 1.807) is 12.1 Å². The van der Waals surface area contributed by atoms with Gasteiger partial charge in [-0.3, -0.25) is 0 Å². The van der Waals surface area contributed by atoms with E-state index >= 15 is 0 Å². The number of hydrogen-bond acceptors (Lipinski definition) is 3. The maximum Gasteiger partial charge on any atom is 0.0307 e. The van der Waals surface area contributed by atoms with Crippen molar-refractivity contribution in [2.45, 2.75) is 0 Å². The molecule has 0 aliphatic carbocycles. The zero-order chi connectivity index (χ0) is 7.56. The lowest BCUT2D eigenvalue weighted by molar-refractivity contribution is -0.341. The van der Waals surface area contributed by atoms with Crippen LogP contribution in [0.2, 0.25) is 0 Å². The number of nitrogens with two attached hydrogens (primary N) is 1. The average molecular weight is 135 g/mol. The number of anilines is 1. The molecule has 0 heterocycles. The molecule has 1 aromatic carbocycles. The van der Waals surface area contributed by atoms with Gasteiger partial charge in [-0.1, -0.05) is 19.3 Å². The molecule has 0 amide bonds. The van der Waals surface area contributed by atoms with Crippen LogP contribution in [0.5, 0.6) is 0 Å². The van der Waals surface area contributed by atoms with Gasteiger partial charge in [0.05, 0.1) is 0 Å². The Hall–Kier alpha value is -0.995. The SMILES string of the molecule is Nc1cccc(B([O-])[O-])c1. The van der Waals surface area contributed by atoms with Crippen molar-refractivity contribution in [3.8, 4) is 0 Å². The number of rotatable bonds is 1. The zero-order valence-electron chi connectivity index (χ0n) is 5.28. The highest BCUT2D eigenvalue weighted by molar-refractivity contribution is 6.55. The molecule has 1 aromatic rings. The lowest BCUT2D eigenvalue weighted by atomic mass is 9.80. The summed E-state index contributed by atoms with van der Waals surface area (Å²) < 4.78 is 0. The second-order valence-corrected chi connectivity index (χ2v) is 2.00. The van der Waals surface area contributed by atoms with Gasteiger partial charge in [0.2, 0.25) is 0 Å². The predicted octanol–water partition coefficient (Wildman–Crippen LogP) is -2.32. The van der Waals surface area contributed by atoms with E-state index in [0.717, 1.165) is 0 Å². The third-order valence-corrected chi connectivity index (χ3v) is 1.18. The van der Waals surface area contributed by atoms with Crippen molar-refractivity contribution >= 4 is 18.3 Å². The highest BCUT2D eigenvalue weighted by atomic mass is 16.4. The minimum Gasteiger partial charge on any atom is -0.889 e. The van der Waals surface area contributed by atoms with Crippen LogP contribution in [0.3, 0.4) is 0 Å². The highest BCUT2D eigenvalue weighted by Crippen LogP contribution is 1.94. The van der Waals surface area contributed by atoms with E-state index in [0.29, 0.717) is 5.69 Å². The topological polar surface area (TPSA) is 72.1 Å². The Labute approximate surface area is 59.3 Å². The summed E-state index contributed by atoms with van der Waals surface area (Å²) in [7, 11) is -1.93. The summed E-state index contributed by atoms with van der Waals surface area (Å²) in [6.07, 6.45) is 0. The minimum absolute atomic E-state index is 0.194. The molecule has 3 nitrogen and oxygen atoms in total. The van der Waals surface area contributed by atoms with Crippen LogP contribution in [0.15, 0.2) is 24.3 Å². The molecule has 2 N–H and O–H groups in total. The second-order valence-electron chi connectivity index (χ2n) is 2.00. The Kier molecular flexibility index (Phi) is 1.94. The van der Waals surface area contributed by atoms with E-state index in [4.69, 9.17) is 5.73 Å². The fourth-order valence-corrected chi connectivity index (χ4v) is 0.706. The Morgan fingerprint density at radius 2 is 2.00 bits per heavy atom. The standard InChI is InChI=1S/C6H6BNO2/c8-6-3-1-2-5(4-6)7(9)10/h1-4H,8H2/q-2. The van der Waals surface area contributed by atoms with Gasteiger partial charge in [0.25, 0.3) is 0 Å². The summed E-state index contributed by atoms with van der Waals surface area (Å²) in [6.45, 7) is 0. The van der Waals surface area contributed by atoms with Gasteiger partial charge in [-0.05, 0) is 12.1 Å². The monoisotopic (exact) mass is 135 g/mol. The predicted molar refractivity (Wildman–Crippen MR) is 36.2 cm³/mol. The van der Waals surface area contributed by atoms with E-state index in [9.17, 15) is 10.0 Å². The summed E-state index contributed by atoms with van der Waals surface area (Å²) in [5.41, 5.74) is 5.97. The van der Waals surface area contributed by atoms with Gasteiger partial charge in [0.15, 0.2) is 0 Å². The Morgan fingerprint density at radius 1 is 1.30 bits per heavy atom. The molecule has 10 heavy (non-hydrogen) atoms. The third kappa shape index (κ3) is 1.49. The molecule has 1 rings (SSSR count). The molecule has 0 aliphatic rings. The average Bonchev–Trinajstić information content (AvgIpc) is 1.88. The van der Waals surface area contributed by atoms with E-state index < -0.39 is 7.12 Å². The normalized spacial score (nSPS) is 9.40. The van der Waals surface area contributed by atoms with Crippen molar-refractivity contribution in [2.75, 3.05) is 5.73 Å². The quantitative estimate of drug-likeness (QED) is 0.347. The maximum absolute atomic E-state index is 10.3. The molecule has 0 fully saturated rings. The van der Waals surface area contributed by atoms with Crippen molar-refractivity contribution in [3.05, 3.63) is 24.3 Å². The van der Waals surface area contributed by atoms with Crippen LogP contribution in [0, 0.1) is 0 Å². The summed E-state index contributed by atoms with van der Waals surface area (Å²) in [4.78, 5) is 0. The minimum atomic E-state index is -1.93. The summed E-state index contributed by atoms with van der Waals surface area (Å²) in [5.74, 6) is 0. The fraction of sp³-hybridized carbons (Fsp3) is 0. The third-order valence-electron chi connectivity index (χ3n) is 1.18. The molecule has 0 radical (unpaired) electrons. The first-order chi connectivity index (χ1) is 4.70. The first kappa shape index (κ1) is 7.12. The molecule has 0 unspecified atom stereocenters. The smallest absolute Gasteiger partial charge is 0.0307 e. The van der Waals surface area contributed by atoms with Crippen LogP contribution in [0.25, 0.3) is 0 Å². The van der Waals surface area contributed by atoms with Crippen LogP contribution in [-0.4, -0.2) is 7.12 Å². The van der Waals surface area contributed by atoms with E-state index in [1.165, 1.54) is 12.1 Å². The first-order valence-corrected chi connectivity index (χ1v) is 2.87.